The van der Waals surface area contributed by atoms with Gasteiger partial charge in [0.05, 0.1) is 18.9 Å². The van der Waals surface area contributed by atoms with Gasteiger partial charge in [0, 0.05) is 13.7 Å². The highest BCUT2D eigenvalue weighted by molar-refractivity contribution is 7.89. The van der Waals surface area contributed by atoms with Gasteiger partial charge < -0.3 is 9.47 Å². The van der Waals surface area contributed by atoms with E-state index in [0.717, 1.165) is 18.6 Å². The summed E-state index contributed by atoms with van der Waals surface area (Å²) in [6.07, 6.45) is 1.62. The maximum Gasteiger partial charge on any atom is 0.216 e. The van der Waals surface area contributed by atoms with Crippen LogP contribution in [-0.4, -0.2) is 51.4 Å². The Kier molecular flexibility index (Phi) is 5.39. The fourth-order valence-electron chi connectivity index (χ4n) is 2.26. The lowest BCUT2D eigenvalue weighted by atomic mass is 10.1. The van der Waals surface area contributed by atoms with Crippen LogP contribution in [0.3, 0.4) is 0 Å². The molecule has 1 aromatic rings. The lowest BCUT2D eigenvalue weighted by molar-refractivity contribution is 0.129. The van der Waals surface area contributed by atoms with E-state index in [1.54, 1.807) is 0 Å². The molecule has 0 radical (unpaired) electrons. The normalized spacial score (nSPS) is 20.8. The van der Waals surface area contributed by atoms with E-state index in [1.807, 2.05) is 30.3 Å². The standard InChI is InChI=1S/C14H21NO4S/c1-18-10-11-20(16,17)15-9-5-8-14(12-15)19-13-6-3-2-4-7-13/h2-4,6-7,14H,5,8-12H2,1H3. The fraction of sp³-hybridized carbons (Fsp3) is 0.571. The van der Waals surface area contributed by atoms with Crippen molar-refractivity contribution in [3.05, 3.63) is 30.3 Å². The highest BCUT2D eigenvalue weighted by atomic mass is 32.2. The Morgan fingerprint density at radius 3 is 2.75 bits per heavy atom. The van der Waals surface area contributed by atoms with Gasteiger partial charge in [-0.25, -0.2) is 8.42 Å². The zero-order valence-electron chi connectivity index (χ0n) is 11.7. The maximum absolute atomic E-state index is 12.1. The average Bonchev–Trinajstić information content (AvgIpc) is 2.47. The lowest BCUT2D eigenvalue weighted by Crippen LogP contribution is -2.45. The van der Waals surface area contributed by atoms with Crippen molar-refractivity contribution in [2.75, 3.05) is 32.6 Å². The Balaban J connectivity index is 1.95. The molecule has 0 amide bonds. The summed E-state index contributed by atoms with van der Waals surface area (Å²) in [5, 5.41) is 0. The average molecular weight is 299 g/mol. The Hall–Kier alpha value is -1.11. The van der Waals surface area contributed by atoms with Crippen LogP contribution in [0.15, 0.2) is 30.3 Å². The SMILES string of the molecule is COCCS(=O)(=O)N1CCCC(Oc2ccccc2)C1. The van der Waals surface area contributed by atoms with Crippen molar-refractivity contribution in [3.63, 3.8) is 0 Å². The molecule has 1 fully saturated rings. The van der Waals surface area contributed by atoms with Crippen LogP contribution in [0.4, 0.5) is 0 Å². The molecule has 0 aromatic heterocycles. The number of para-hydroxylation sites is 1. The van der Waals surface area contributed by atoms with Crippen LogP contribution < -0.4 is 4.74 Å². The summed E-state index contributed by atoms with van der Waals surface area (Å²) in [4.78, 5) is 0. The van der Waals surface area contributed by atoms with Crippen LogP contribution in [0, 0.1) is 0 Å². The fourth-order valence-corrected chi connectivity index (χ4v) is 3.70. The molecule has 20 heavy (non-hydrogen) atoms. The van der Waals surface area contributed by atoms with Crippen LogP contribution >= 0.6 is 0 Å². The summed E-state index contributed by atoms with van der Waals surface area (Å²) in [5.41, 5.74) is 0. The molecular weight excluding hydrogens is 278 g/mol. The van der Waals surface area contributed by atoms with Crippen LogP contribution in [0.1, 0.15) is 12.8 Å². The quantitative estimate of drug-likeness (QED) is 0.799. The number of sulfonamides is 1. The molecule has 0 bridgehead atoms. The number of hydrogen-bond acceptors (Lipinski definition) is 4. The Morgan fingerprint density at radius 2 is 2.05 bits per heavy atom. The number of piperidine rings is 1. The first kappa shape index (κ1) is 15.3. The molecule has 1 heterocycles. The summed E-state index contributed by atoms with van der Waals surface area (Å²) in [5.74, 6) is 0.815. The minimum absolute atomic E-state index is 0.0293. The number of rotatable bonds is 6. The molecule has 1 aliphatic rings. The number of ether oxygens (including phenoxy) is 2. The van der Waals surface area contributed by atoms with Crippen LogP contribution in [0.25, 0.3) is 0 Å². The largest absolute Gasteiger partial charge is 0.489 e. The molecule has 0 saturated carbocycles. The first-order valence-corrected chi connectivity index (χ1v) is 8.41. The van der Waals surface area contributed by atoms with Gasteiger partial charge in [0.25, 0.3) is 0 Å². The minimum atomic E-state index is -3.24. The Labute approximate surface area is 120 Å². The van der Waals surface area contributed by atoms with E-state index >= 15 is 0 Å². The van der Waals surface area contributed by atoms with Gasteiger partial charge in [-0.15, -0.1) is 0 Å². The monoisotopic (exact) mass is 299 g/mol. The molecule has 2 rings (SSSR count). The predicted octanol–water partition coefficient (Wildman–Crippen LogP) is 1.51. The number of benzene rings is 1. The van der Waals surface area contributed by atoms with E-state index in [-0.39, 0.29) is 18.5 Å². The van der Waals surface area contributed by atoms with Crippen molar-refractivity contribution in [1.29, 1.82) is 0 Å². The Morgan fingerprint density at radius 1 is 1.30 bits per heavy atom. The second-order valence-electron chi connectivity index (χ2n) is 4.86. The second-order valence-corrected chi connectivity index (χ2v) is 6.95. The molecule has 1 saturated heterocycles. The summed E-state index contributed by atoms with van der Waals surface area (Å²) >= 11 is 0. The van der Waals surface area contributed by atoms with Crippen molar-refractivity contribution in [2.24, 2.45) is 0 Å². The molecule has 1 unspecified atom stereocenters. The molecule has 112 valence electrons. The number of nitrogens with zero attached hydrogens (tertiary/aromatic N) is 1. The predicted molar refractivity (Wildman–Crippen MR) is 77.3 cm³/mol. The molecule has 0 aliphatic carbocycles. The lowest BCUT2D eigenvalue weighted by Gasteiger charge is -2.32. The van der Waals surface area contributed by atoms with Gasteiger partial charge in [0.1, 0.15) is 11.9 Å². The topological polar surface area (TPSA) is 55.8 Å². The first-order chi connectivity index (χ1) is 9.62. The van der Waals surface area contributed by atoms with E-state index in [9.17, 15) is 8.42 Å². The third kappa shape index (κ3) is 4.19. The van der Waals surface area contributed by atoms with Crippen molar-refractivity contribution < 1.29 is 17.9 Å². The van der Waals surface area contributed by atoms with Crippen molar-refractivity contribution >= 4 is 10.0 Å². The van der Waals surface area contributed by atoms with Gasteiger partial charge in [0.15, 0.2) is 0 Å². The van der Waals surface area contributed by atoms with Gasteiger partial charge >= 0.3 is 0 Å². The van der Waals surface area contributed by atoms with E-state index in [2.05, 4.69) is 0 Å². The summed E-state index contributed by atoms with van der Waals surface area (Å²) in [6.45, 7) is 1.21. The van der Waals surface area contributed by atoms with Gasteiger partial charge in [-0.3, -0.25) is 0 Å². The minimum Gasteiger partial charge on any atom is -0.489 e. The van der Waals surface area contributed by atoms with Crippen LogP contribution in [0.5, 0.6) is 5.75 Å². The molecule has 0 spiro atoms. The van der Waals surface area contributed by atoms with Crippen LogP contribution in [-0.2, 0) is 14.8 Å². The van der Waals surface area contributed by atoms with E-state index in [4.69, 9.17) is 9.47 Å². The van der Waals surface area contributed by atoms with Gasteiger partial charge in [-0.05, 0) is 25.0 Å². The molecule has 6 heteroatoms. The summed E-state index contributed by atoms with van der Waals surface area (Å²) in [7, 11) is -1.74. The second kappa shape index (κ2) is 7.06. The molecular formula is C14H21NO4S. The van der Waals surface area contributed by atoms with E-state index in [1.165, 1.54) is 11.4 Å². The maximum atomic E-state index is 12.1. The zero-order valence-corrected chi connectivity index (χ0v) is 12.5. The van der Waals surface area contributed by atoms with Gasteiger partial charge in [-0.1, -0.05) is 18.2 Å². The number of hydrogen-bond donors (Lipinski definition) is 0. The smallest absolute Gasteiger partial charge is 0.216 e. The van der Waals surface area contributed by atoms with Crippen molar-refractivity contribution in [2.45, 2.75) is 18.9 Å². The van der Waals surface area contributed by atoms with Gasteiger partial charge in [-0.2, -0.15) is 4.31 Å². The van der Waals surface area contributed by atoms with Gasteiger partial charge in [0.2, 0.25) is 10.0 Å². The third-order valence-corrected chi connectivity index (χ3v) is 5.13. The van der Waals surface area contributed by atoms with Crippen molar-refractivity contribution in [1.82, 2.24) is 4.31 Å². The molecule has 0 N–H and O–H groups in total. The number of methoxy groups -OCH3 is 1. The van der Waals surface area contributed by atoms with Crippen molar-refractivity contribution in [3.8, 4) is 5.75 Å². The third-order valence-electron chi connectivity index (χ3n) is 3.33. The van der Waals surface area contributed by atoms with E-state index < -0.39 is 10.0 Å². The first-order valence-electron chi connectivity index (χ1n) is 6.80. The molecule has 1 aromatic carbocycles. The molecule has 1 atom stereocenters. The summed E-state index contributed by atoms with van der Waals surface area (Å²) < 4.78 is 36.5. The highest BCUT2D eigenvalue weighted by Crippen LogP contribution is 2.20. The molecule has 5 nitrogen and oxygen atoms in total. The highest BCUT2D eigenvalue weighted by Gasteiger charge is 2.29. The van der Waals surface area contributed by atoms with E-state index in [0.29, 0.717) is 13.1 Å². The Bertz CT molecular complexity index is 503. The molecule has 1 aliphatic heterocycles. The zero-order chi connectivity index (χ0) is 14.4. The van der Waals surface area contributed by atoms with Crippen LogP contribution in [0.2, 0.25) is 0 Å². The summed E-state index contributed by atoms with van der Waals surface area (Å²) in [6, 6.07) is 9.52.